The van der Waals surface area contributed by atoms with Gasteiger partial charge in [-0.15, -0.1) is 0 Å². The molecule has 0 aliphatic rings. The number of carboxylic acid groups (broad SMARTS) is 1. The molecule has 1 aromatic rings. The largest absolute Gasteiger partial charge is 0.476 e. The van der Waals surface area contributed by atoms with Gasteiger partial charge in [0.1, 0.15) is 0 Å². The van der Waals surface area contributed by atoms with Gasteiger partial charge in [0.25, 0.3) is 0 Å². The minimum atomic E-state index is -1.15. The van der Waals surface area contributed by atoms with Crippen LogP contribution in [0.4, 0.5) is 0 Å². The van der Waals surface area contributed by atoms with Crippen molar-refractivity contribution in [1.29, 1.82) is 0 Å². The van der Waals surface area contributed by atoms with Gasteiger partial charge in [-0.2, -0.15) is 0 Å². The first kappa shape index (κ1) is 13.8. The van der Waals surface area contributed by atoms with Gasteiger partial charge in [0.2, 0.25) is 0 Å². The SMILES string of the molecule is CSc1ncc(C#CCCN=[N+]=[N-])c(C(=O)O)n1. The van der Waals surface area contributed by atoms with Crippen LogP contribution in [0.25, 0.3) is 10.4 Å². The second kappa shape index (κ2) is 7.17. The van der Waals surface area contributed by atoms with E-state index in [1.54, 1.807) is 6.26 Å². The number of azide groups is 1. The molecule has 1 N–H and O–H groups in total. The van der Waals surface area contributed by atoms with Crippen molar-refractivity contribution in [3.63, 3.8) is 0 Å². The van der Waals surface area contributed by atoms with E-state index in [1.807, 2.05) is 0 Å². The topological polar surface area (TPSA) is 112 Å². The van der Waals surface area contributed by atoms with E-state index in [9.17, 15) is 4.79 Å². The van der Waals surface area contributed by atoms with E-state index >= 15 is 0 Å². The third-order valence-electron chi connectivity index (χ3n) is 1.77. The molecule has 0 unspecified atom stereocenters. The molecule has 0 aromatic carbocycles. The number of rotatable bonds is 4. The van der Waals surface area contributed by atoms with E-state index in [2.05, 4.69) is 31.8 Å². The lowest BCUT2D eigenvalue weighted by molar-refractivity contribution is 0.0689. The maximum Gasteiger partial charge on any atom is 0.355 e. The van der Waals surface area contributed by atoms with Crippen molar-refractivity contribution in [1.82, 2.24) is 9.97 Å². The number of hydrogen-bond donors (Lipinski definition) is 1. The molecule has 0 aliphatic heterocycles. The minimum Gasteiger partial charge on any atom is -0.476 e. The summed E-state index contributed by atoms with van der Waals surface area (Å²) in [6.45, 7) is 0.246. The van der Waals surface area contributed by atoms with E-state index in [-0.39, 0.29) is 17.8 Å². The van der Waals surface area contributed by atoms with Gasteiger partial charge in [0.05, 0.1) is 5.56 Å². The third kappa shape index (κ3) is 3.97. The van der Waals surface area contributed by atoms with Crippen molar-refractivity contribution in [2.24, 2.45) is 5.11 Å². The lowest BCUT2D eigenvalue weighted by Crippen LogP contribution is -2.06. The van der Waals surface area contributed by atoms with Gasteiger partial charge in [0, 0.05) is 24.1 Å². The Hall–Kier alpha value is -2.23. The number of carboxylic acids is 1. The molecule has 0 bridgehead atoms. The maximum absolute atomic E-state index is 11.0. The molecule has 0 amide bonds. The van der Waals surface area contributed by atoms with Crippen LogP contribution in [0.1, 0.15) is 22.5 Å². The number of carbonyl (C=O) groups is 1. The molecule has 92 valence electrons. The van der Waals surface area contributed by atoms with Crippen LogP contribution in [0.2, 0.25) is 0 Å². The van der Waals surface area contributed by atoms with Gasteiger partial charge in [0.15, 0.2) is 10.9 Å². The highest BCUT2D eigenvalue weighted by atomic mass is 32.2. The summed E-state index contributed by atoms with van der Waals surface area (Å²) in [6, 6.07) is 0. The highest BCUT2D eigenvalue weighted by molar-refractivity contribution is 7.98. The summed E-state index contributed by atoms with van der Waals surface area (Å²) in [7, 11) is 0. The van der Waals surface area contributed by atoms with E-state index in [0.29, 0.717) is 11.6 Å². The predicted molar refractivity (Wildman–Crippen MR) is 66.3 cm³/mol. The molecule has 0 spiro atoms. The summed E-state index contributed by atoms with van der Waals surface area (Å²) < 4.78 is 0. The fraction of sp³-hybridized carbons (Fsp3) is 0.300. The Kier molecular flexibility index (Phi) is 5.51. The molecule has 0 fully saturated rings. The van der Waals surface area contributed by atoms with Crippen molar-refractivity contribution >= 4 is 17.7 Å². The lowest BCUT2D eigenvalue weighted by Gasteiger charge is -1.99. The smallest absolute Gasteiger partial charge is 0.355 e. The summed E-state index contributed by atoms with van der Waals surface area (Å²) in [5.41, 5.74) is 8.20. The standard InChI is InChI=1S/C10H9N5O2S/c1-18-10-12-6-7(8(14-10)9(16)17)4-2-3-5-13-15-11/h6H,3,5H2,1H3,(H,16,17). The van der Waals surface area contributed by atoms with Gasteiger partial charge >= 0.3 is 5.97 Å². The molecular formula is C10H9N5O2S. The minimum absolute atomic E-state index is 0.120. The quantitative estimate of drug-likeness (QED) is 0.170. The van der Waals surface area contributed by atoms with Crippen LogP contribution >= 0.6 is 11.8 Å². The van der Waals surface area contributed by atoms with Gasteiger partial charge in [-0.25, -0.2) is 14.8 Å². The van der Waals surface area contributed by atoms with E-state index in [4.69, 9.17) is 10.6 Å². The van der Waals surface area contributed by atoms with Crippen LogP contribution < -0.4 is 0 Å². The Labute approximate surface area is 107 Å². The summed E-state index contributed by atoms with van der Waals surface area (Å²) in [6.07, 6.45) is 3.49. The highest BCUT2D eigenvalue weighted by Crippen LogP contribution is 2.11. The molecule has 0 radical (unpaired) electrons. The Morgan fingerprint density at radius 3 is 3.11 bits per heavy atom. The number of nitrogens with zero attached hydrogens (tertiary/aromatic N) is 5. The average molecular weight is 263 g/mol. The molecular weight excluding hydrogens is 254 g/mol. The average Bonchev–Trinajstić information content (AvgIpc) is 2.38. The molecule has 0 saturated heterocycles. The van der Waals surface area contributed by atoms with Crippen LogP contribution in [0, 0.1) is 11.8 Å². The van der Waals surface area contributed by atoms with Gasteiger partial charge in [-0.05, 0) is 11.8 Å². The fourth-order valence-electron chi connectivity index (χ4n) is 1.03. The monoisotopic (exact) mass is 263 g/mol. The number of thioether (sulfide) groups is 1. The van der Waals surface area contributed by atoms with Crippen LogP contribution in [-0.2, 0) is 0 Å². The highest BCUT2D eigenvalue weighted by Gasteiger charge is 2.12. The van der Waals surface area contributed by atoms with Crippen molar-refractivity contribution in [2.75, 3.05) is 12.8 Å². The molecule has 0 saturated carbocycles. The van der Waals surface area contributed by atoms with Crippen molar-refractivity contribution in [3.05, 3.63) is 27.9 Å². The van der Waals surface area contributed by atoms with E-state index < -0.39 is 5.97 Å². The zero-order valence-corrected chi connectivity index (χ0v) is 10.3. The molecule has 1 rings (SSSR count). The van der Waals surface area contributed by atoms with Crippen LogP contribution in [0.15, 0.2) is 16.5 Å². The Morgan fingerprint density at radius 1 is 1.72 bits per heavy atom. The normalized spacial score (nSPS) is 8.94. The van der Waals surface area contributed by atoms with E-state index in [0.717, 1.165) is 0 Å². The molecule has 0 atom stereocenters. The third-order valence-corrected chi connectivity index (χ3v) is 2.34. The predicted octanol–water partition coefficient (Wildman–Crippen LogP) is 1.95. The Balaban J connectivity index is 2.94. The summed E-state index contributed by atoms with van der Waals surface area (Å²) >= 11 is 1.26. The van der Waals surface area contributed by atoms with Gasteiger partial charge < -0.3 is 5.11 Å². The lowest BCUT2D eigenvalue weighted by atomic mass is 10.2. The van der Waals surface area contributed by atoms with Crippen molar-refractivity contribution < 1.29 is 9.90 Å². The van der Waals surface area contributed by atoms with Crippen molar-refractivity contribution in [2.45, 2.75) is 11.6 Å². The molecule has 1 aromatic heterocycles. The van der Waals surface area contributed by atoms with Gasteiger partial charge in [-0.1, -0.05) is 28.7 Å². The van der Waals surface area contributed by atoms with Crippen LogP contribution in [0.3, 0.4) is 0 Å². The first-order valence-electron chi connectivity index (χ1n) is 4.83. The zero-order valence-electron chi connectivity index (χ0n) is 9.49. The Morgan fingerprint density at radius 2 is 2.50 bits per heavy atom. The number of aromatic nitrogens is 2. The summed E-state index contributed by atoms with van der Waals surface area (Å²) in [4.78, 5) is 21.4. The van der Waals surface area contributed by atoms with E-state index in [1.165, 1.54) is 18.0 Å². The number of hydrogen-bond acceptors (Lipinski definition) is 5. The van der Waals surface area contributed by atoms with Gasteiger partial charge in [-0.3, -0.25) is 0 Å². The van der Waals surface area contributed by atoms with Crippen molar-refractivity contribution in [3.8, 4) is 11.8 Å². The first-order valence-corrected chi connectivity index (χ1v) is 6.05. The molecule has 7 nitrogen and oxygen atoms in total. The zero-order chi connectivity index (χ0) is 13.4. The molecule has 8 heteroatoms. The fourth-order valence-corrected chi connectivity index (χ4v) is 1.37. The molecule has 1 heterocycles. The number of aromatic carboxylic acids is 1. The first-order chi connectivity index (χ1) is 8.69. The Bertz CT molecular complexity index is 557. The van der Waals surface area contributed by atoms with Crippen LogP contribution in [-0.4, -0.2) is 33.8 Å². The summed E-state index contributed by atoms with van der Waals surface area (Å²) in [5, 5.41) is 12.7. The second-order valence-electron chi connectivity index (χ2n) is 2.93. The second-order valence-corrected chi connectivity index (χ2v) is 3.70. The summed E-state index contributed by atoms with van der Waals surface area (Å²) in [5.74, 6) is 4.21. The molecule has 0 aliphatic carbocycles. The van der Waals surface area contributed by atoms with Crippen LogP contribution in [0.5, 0.6) is 0 Å². The maximum atomic E-state index is 11.0. The molecule has 18 heavy (non-hydrogen) atoms.